The zero-order valence-corrected chi connectivity index (χ0v) is 16.6. The van der Waals surface area contributed by atoms with Gasteiger partial charge < -0.3 is 15.1 Å². The highest BCUT2D eigenvalue weighted by molar-refractivity contribution is 7.99. The second-order valence-electron chi connectivity index (χ2n) is 6.85. The van der Waals surface area contributed by atoms with Gasteiger partial charge in [-0.2, -0.15) is 0 Å². The third-order valence-electron chi connectivity index (χ3n) is 5.08. The van der Waals surface area contributed by atoms with Crippen molar-refractivity contribution in [3.63, 3.8) is 0 Å². The Kier molecular flexibility index (Phi) is 6.17. The van der Waals surface area contributed by atoms with E-state index in [1.807, 2.05) is 42.5 Å². The highest BCUT2D eigenvalue weighted by atomic mass is 32.2. The topological polar surface area (TPSA) is 62.0 Å². The average Bonchev–Trinajstić information content (AvgIpc) is 2.86. The van der Waals surface area contributed by atoms with Crippen molar-refractivity contribution in [3.05, 3.63) is 59.3 Å². The smallest absolute Gasteiger partial charge is 0.288 e. The van der Waals surface area contributed by atoms with Gasteiger partial charge in [0.2, 0.25) is 0 Å². The summed E-state index contributed by atoms with van der Waals surface area (Å²) in [5, 5.41) is 22.2. The number of para-hydroxylation sites is 1. The SMILES string of the molecule is [O-][N+]1=C(N2CCN(CCOCCO)CC2)c2ccccc2Sc2ccccc21. The largest absolute Gasteiger partial charge is 0.710 e. The Morgan fingerprint density at radius 3 is 2.46 bits per heavy atom. The summed E-state index contributed by atoms with van der Waals surface area (Å²) in [4.78, 5) is 6.65. The highest BCUT2D eigenvalue weighted by Crippen LogP contribution is 2.40. The van der Waals surface area contributed by atoms with Gasteiger partial charge in [0, 0.05) is 24.5 Å². The molecule has 2 aliphatic heterocycles. The fourth-order valence-electron chi connectivity index (χ4n) is 3.64. The van der Waals surface area contributed by atoms with Crippen LogP contribution >= 0.6 is 11.8 Å². The zero-order valence-electron chi connectivity index (χ0n) is 15.8. The van der Waals surface area contributed by atoms with Gasteiger partial charge in [0.25, 0.3) is 5.84 Å². The van der Waals surface area contributed by atoms with Crippen LogP contribution in [0.4, 0.5) is 5.69 Å². The lowest BCUT2D eigenvalue weighted by atomic mass is 10.1. The molecule has 0 spiro atoms. The summed E-state index contributed by atoms with van der Waals surface area (Å²) in [5.74, 6) is 0.740. The second kappa shape index (κ2) is 8.96. The monoisotopic (exact) mass is 399 g/mol. The predicted molar refractivity (Wildman–Crippen MR) is 110 cm³/mol. The standard InChI is InChI=1S/C21H25N3O3S/c25-14-16-27-15-13-22-9-11-23(12-10-22)21-17-5-1-3-7-19(17)28-20-8-4-2-6-18(20)24(21)26/h1-8,25H,9-16H2. The van der Waals surface area contributed by atoms with Gasteiger partial charge in [-0.1, -0.05) is 36.0 Å². The number of ether oxygens (including phenoxy) is 1. The Hall–Kier alpha value is -2.06. The molecule has 0 atom stereocenters. The Morgan fingerprint density at radius 1 is 0.964 bits per heavy atom. The van der Waals surface area contributed by atoms with Crippen molar-refractivity contribution in [1.82, 2.24) is 9.80 Å². The molecule has 0 saturated carbocycles. The van der Waals surface area contributed by atoms with Crippen LogP contribution in [0.1, 0.15) is 5.56 Å². The summed E-state index contributed by atoms with van der Waals surface area (Å²) in [7, 11) is 0. The molecule has 0 radical (unpaired) electrons. The number of aliphatic hydroxyl groups is 1. The van der Waals surface area contributed by atoms with Crippen LogP contribution in [-0.2, 0) is 4.74 Å². The fraction of sp³-hybridized carbons (Fsp3) is 0.381. The van der Waals surface area contributed by atoms with Crippen LogP contribution < -0.4 is 0 Å². The number of amidine groups is 1. The molecule has 0 aliphatic carbocycles. The van der Waals surface area contributed by atoms with Crippen LogP contribution in [0.2, 0.25) is 0 Å². The van der Waals surface area contributed by atoms with Gasteiger partial charge in [-0.15, -0.1) is 0 Å². The highest BCUT2D eigenvalue weighted by Gasteiger charge is 2.32. The van der Waals surface area contributed by atoms with Gasteiger partial charge in [0.1, 0.15) is 5.69 Å². The second-order valence-corrected chi connectivity index (χ2v) is 7.93. The van der Waals surface area contributed by atoms with E-state index in [2.05, 4.69) is 15.9 Å². The third-order valence-corrected chi connectivity index (χ3v) is 6.22. The summed E-state index contributed by atoms with van der Waals surface area (Å²) in [6, 6.07) is 16.0. The van der Waals surface area contributed by atoms with E-state index in [0.717, 1.165) is 58.7 Å². The van der Waals surface area contributed by atoms with Crippen LogP contribution in [0.25, 0.3) is 0 Å². The molecule has 7 heteroatoms. The number of aliphatic hydroxyl groups excluding tert-OH is 1. The molecule has 1 N–H and O–H groups in total. The van der Waals surface area contributed by atoms with Crippen molar-refractivity contribution in [2.24, 2.45) is 0 Å². The lowest BCUT2D eigenvalue weighted by Gasteiger charge is -2.33. The molecule has 4 rings (SSSR count). The lowest BCUT2D eigenvalue weighted by molar-refractivity contribution is -0.370. The minimum atomic E-state index is 0.0598. The van der Waals surface area contributed by atoms with E-state index >= 15 is 0 Å². The van der Waals surface area contributed by atoms with Crippen molar-refractivity contribution < 1.29 is 14.6 Å². The number of piperazine rings is 1. The van der Waals surface area contributed by atoms with Crippen molar-refractivity contribution in [2.45, 2.75) is 9.79 Å². The van der Waals surface area contributed by atoms with E-state index in [9.17, 15) is 5.21 Å². The maximum atomic E-state index is 13.4. The molecule has 2 heterocycles. The molecule has 148 valence electrons. The maximum absolute atomic E-state index is 13.4. The molecule has 2 aliphatic rings. The number of hydrogen-bond donors (Lipinski definition) is 1. The van der Waals surface area contributed by atoms with Crippen LogP contribution in [0, 0.1) is 5.21 Å². The Bertz CT molecular complexity index is 850. The molecular formula is C21H25N3O3S. The van der Waals surface area contributed by atoms with E-state index in [4.69, 9.17) is 9.84 Å². The fourth-order valence-corrected chi connectivity index (χ4v) is 4.69. The van der Waals surface area contributed by atoms with Crippen molar-refractivity contribution in [3.8, 4) is 0 Å². The predicted octanol–water partition coefficient (Wildman–Crippen LogP) is 2.37. The van der Waals surface area contributed by atoms with Gasteiger partial charge in [-0.25, -0.2) is 4.74 Å². The quantitative estimate of drug-likeness (QED) is 0.473. The first-order chi connectivity index (χ1) is 13.8. The van der Waals surface area contributed by atoms with Crippen molar-refractivity contribution in [2.75, 3.05) is 52.5 Å². The molecule has 0 unspecified atom stereocenters. The summed E-state index contributed by atoms with van der Waals surface area (Å²) >= 11 is 1.65. The number of hydrogen-bond acceptors (Lipinski definition) is 6. The zero-order chi connectivity index (χ0) is 19.3. The van der Waals surface area contributed by atoms with Crippen LogP contribution in [0.5, 0.6) is 0 Å². The molecule has 2 aromatic carbocycles. The van der Waals surface area contributed by atoms with E-state index in [1.54, 1.807) is 11.8 Å². The summed E-state index contributed by atoms with van der Waals surface area (Å²) in [6.07, 6.45) is 0. The first kappa shape index (κ1) is 19.3. The molecule has 0 bridgehead atoms. The first-order valence-corrected chi connectivity index (χ1v) is 10.5. The van der Waals surface area contributed by atoms with E-state index in [0.29, 0.717) is 18.9 Å². The lowest BCUT2D eigenvalue weighted by Crippen LogP contribution is -2.51. The molecule has 0 amide bonds. The molecule has 28 heavy (non-hydrogen) atoms. The van der Waals surface area contributed by atoms with Crippen LogP contribution in [0.3, 0.4) is 0 Å². The third kappa shape index (κ3) is 4.03. The number of rotatable bonds is 5. The van der Waals surface area contributed by atoms with Crippen LogP contribution in [0.15, 0.2) is 58.3 Å². The van der Waals surface area contributed by atoms with Crippen molar-refractivity contribution in [1.29, 1.82) is 0 Å². The van der Waals surface area contributed by atoms with E-state index in [-0.39, 0.29) is 6.61 Å². The number of benzene rings is 2. The summed E-state index contributed by atoms with van der Waals surface area (Å²) in [6.45, 7) is 5.29. The minimum Gasteiger partial charge on any atom is -0.710 e. The van der Waals surface area contributed by atoms with Gasteiger partial charge in [-0.3, -0.25) is 9.80 Å². The van der Waals surface area contributed by atoms with E-state index in [1.165, 1.54) is 0 Å². The van der Waals surface area contributed by atoms with Gasteiger partial charge in [0.05, 0.1) is 43.4 Å². The summed E-state index contributed by atoms with van der Waals surface area (Å²) < 4.78 is 6.48. The normalized spacial score (nSPS) is 17.2. The molecule has 2 aromatic rings. The van der Waals surface area contributed by atoms with Crippen molar-refractivity contribution >= 4 is 23.3 Å². The molecule has 1 fully saturated rings. The average molecular weight is 400 g/mol. The Morgan fingerprint density at radius 2 is 1.68 bits per heavy atom. The Balaban J connectivity index is 1.56. The van der Waals surface area contributed by atoms with E-state index < -0.39 is 0 Å². The van der Waals surface area contributed by atoms with Gasteiger partial charge in [0.15, 0.2) is 0 Å². The van der Waals surface area contributed by atoms with Crippen LogP contribution in [-0.4, -0.2) is 78.0 Å². The maximum Gasteiger partial charge on any atom is 0.288 e. The number of nitrogens with zero attached hydrogens (tertiary/aromatic N) is 3. The van der Waals surface area contributed by atoms with Gasteiger partial charge >= 0.3 is 0 Å². The van der Waals surface area contributed by atoms with Gasteiger partial charge in [-0.05, 0) is 24.3 Å². The molecule has 1 saturated heterocycles. The molecule has 0 aromatic heterocycles. The Labute approximate surface area is 169 Å². The molecular weight excluding hydrogens is 374 g/mol. The minimum absolute atomic E-state index is 0.0598. The summed E-state index contributed by atoms with van der Waals surface area (Å²) in [5.41, 5.74) is 1.71. The molecule has 6 nitrogen and oxygen atoms in total. The first-order valence-electron chi connectivity index (χ1n) is 9.64. The number of fused-ring (bicyclic) bond motifs is 2.